The van der Waals surface area contributed by atoms with Crippen LogP contribution in [0.5, 0.6) is 0 Å². The molecule has 5 nitrogen and oxygen atoms in total. The summed E-state index contributed by atoms with van der Waals surface area (Å²) >= 11 is 11.8. The van der Waals surface area contributed by atoms with Crippen molar-refractivity contribution in [1.29, 1.82) is 5.26 Å². The van der Waals surface area contributed by atoms with Crippen molar-refractivity contribution in [3.05, 3.63) is 29.0 Å². The average Bonchev–Trinajstić information content (AvgIpc) is 2.37. The lowest BCUT2D eigenvalue weighted by molar-refractivity contribution is -0.137. The molecule has 1 aromatic rings. The number of pyridine rings is 1. The third-order valence-corrected chi connectivity index (χ3v) is 4.22. The molecule has 0 radical (unpaired) electrons. The second-order valence-corrected chi connectivity index (χ2v) is 5.25. The van der Waals surface area contributed by atoms with E-state index in [1.807, 2.05) is 6.07 Å². The molecular weight excluding hydrogens is 289 g/mol. The van der Waals surface area contributed by atoms with Crippen molar-refractivity contribution in [2.24, 2.45) is 5.92 Å². The van der Waals surface area contributed by atoms with Crippen LogP contribution in [0.25, 0.3) is 0 Å². The van der Waals surface area contributed by atoms with Crippen molar-refractivity contribution in [2.45, 2.75) is 17.7 Å². The molecule has 1 aliphatic rings. The molecule has 7 heteroatoms. The van der Waals surface area contributed by atoms with Gasteiger partial charge in [-0.3, -0.25) is 14.9 Å². The smallest absolute Gasteiger partial charge is 0.245 e. The van der Waals surface area contributed by atoms with E-state index in [0.717, 1.165) is 0 Å². The number of carbonyl (C=O) groups excluding carboxylic acids is 2. The van der Waals surface area contributed by atoms with Gasteiger partial charge < -0.3 is 0 Å². The van der Waals surface area contributed by atoms with E-state index < -0.39 is 28.5 Å². The van der Waals surface area contributed by atoms with E-state index in [-0.39, 0.29) is 5.15 Å². The Kier molecular flexibility index (Phi) is 3.48. The number of rotatable bonds is 1. The monoisotopic (exact) mass is 297 g/mol. The molecule has 2 rings (SSSR count). The van der Waals surface area contributed by atoms with Crippen LogP contribution < -0.4 is 5.32 Å². The summed E-state index contributed by atoms with van der Waals surface area (Å²) in [5.41, 5.74) is -0.625. The van der Waals surface area contributed by atoms with Crippen LogP contribution in [0.3, 0.4) is 0 Å². The summed E-state index contributed by atoms with van der Waals surface area (Å²) < 4.78 is 0. The van der Waals surface area contributed by atoms with E-state index in [1.165, 1.54) is 12.3 Å². The Morgan fingerprint density at radius 1 is 1.42 bits per heavy atom. The largest absolute Gasteiger partial charge is 0.294 e. The highest BCUT2D eigenvalue weighted by molar-refractivity contribution is 6.34. The van der Waals surface area contributed by atoms with Gasteiger partial charge in [-0.2, -0.15) is 5.26 Å². The summed E-state index contributed by atoms with van der Waals surface area (Å²) in [5.74, 6) is -2.34. The predicted molar refractivity (Wildman–Crippen MR) is 68.5 cm³/mol. The van der Waals surface area contributed by atoms with Gasteiger partial charge in [0, 0.05) is 11.6 Å². The van der Waals surface area contributed by atoms with Crippen LogP contribution in [0.1, 0.15) is 12.5 Å². The van der Waals surface area contributed by atoms with Gasteiger partial charge in [0.2, 0.25) is 11.8 Å². The van der Waals surface area contributed by atoms with Crippen molar-refractivity contribution in [3.8, 4) is 6.07 Å². The number of hydrogen-bond donors (Lipinski definition) is 1. The van der Waals surface area contributed by atoms with Gasteiger partial charge in [-0.25, -0.2) is 4.98 Å². The number of amides is 2. The van der Waals surface area contributed by atoms with Crippen molar-refractivity contribution >= 4 is 35.0 Å². The van der Waals surface area contributed by atoms with E-state index in [2.05, 4.69) is 10.3 Å². The van der Waals surface area contributed by atoms with Gasteiger partial charge in [0.1, 0.15) is 16.4 Å². The lowest BCUT2D eigenvalue weighted by Crippen LogP contribution is -2.60. The van der Waals surface area contributed by atoms with Gasteiger partial charge in [-0.15, -0.1) is 11.6 Å². The molecule has 0 bridgehead atoms. The highest BCUT2D eigenvalue weighted by atomic mass is 35.5. The summed E-state index contributed by atoms with van der Waals surface area (Å²) in [6.45, 7) is 1.60. The zero-order chi connectivity index (χ0) is 14.2. The number of nitriles is 1. The molecule has 2 amide bonds. The molecule has 1 aromatic heterocycles. The molecule has 1 aliphatic heterocycles. The molecule has 2 heterocycles. The standard InChI is InChI=1S/C12H9Cl2N3O2/c1-12(6-2-3-8(13)16-5-6)7(4-15)10(18)17-11(19)9(12)14/h2-3,5,7,9H,1H3,(H,17,18,19). The van der Waals surface area contributed by atoms with Crippen LogP contribution in [0, 0.1) is 17.2 Å². The minimum absolute atomic E-state index is 0.276. The molecule has 19 heavy (non-hydrogen) atoms. The van der Waals surface area contributed by atoms with Gasteiger partial charge in [0.15, 0.2) is 0 Å². The Bertz CT molecular complexity index is 582. The lowest BCUT2D eigenvalue weighted by Gasteiger charge is -2.39. The molecule has 1 fully saturated rings. The Hall–Kier alpha value is -1.64. The van der Waals surface area contributed by atoms with Crippen LogP contribution >= 0.6 is 23.2 Å². The normalized spacial score (nSPS) is 30.6. The summed E-state index contributed by atoms with van der Waals surface area (Å²) in [5, 5.41) is 10.5. The number of carbonyl (C=O) groups is 2. The van der Waals surface area contributed by atoms with Gasteiger partial charge in [-0.1, -0.05) is 24.6 Å². The van der Waals surface area contributed by atoms with E-state index in [0.29, 0.717) is 5.56 Å². The fourth-order valence-corrected chi connectivity index (χ4v) is 2.57. The molecule has 0 aromatic carbocycles. The van der Waals surface area contributed by atoms with E-state index in [1.54, 1.807) is 13.0 Å². The first-order chi connectivity index (χ1) is 8.91. The Morgan fingerprint density at radius 3 is 2.63 bits per heavy atom. The molecule has 3 unspecified atom stereocenters. The second kappa shape index (κ2) is 4.80. The first-order valence-corrected chi connectivity index (χ1v) is 6.23. The number of alkyl halides is 1. The Labute approximate surface area is 119 Å². The summed E-state index contributed by atoms with van der Waals surface area (Å²) in [4.78, 5) is 27.4. The zero-order valence-electron chi connectivity index (χ0n) is 9.85. The Morgan fingerprint density at radius 2 is 2.11 bits per heavy atom. The molecule has 98 valence electrons. The number of nitrogens with one attached hydrogen (secondary N) is 1. The Balaban J connectivity index is 2.58. The molecule has 0 aliphatic carbocycles. The van der Waals surface area contributed by atoms with Gasteiger partial charge in [-0.05, 0) is 11.6 Å². The van der Waals surface area contributed by atoms with E-state index in [4.69, 9.17) is 23.2 Å². The number of nitrogens with zero attached hydrogens (tertiary/aromatic N) is 2. The number of hydrogen-bond acceptors (Lipinski definition) is 4. The minimum Gasteiger partial charge on any atom is -0.294 e. The number of imide groups is 1. The van der Waals surface area contributed by atoms with Crippen molar-refractivity contribution in [2.75, 3.05) is 0 Å². The second-order valence-electron chi connectivity index (χ2n) is 4.43. The van der Waals surface area contributed by atoms with Crippen molar-refractivity contribution in [1.82, 2.24) is 10.3 Å². The third-order valence-electron chi connectivity index (χ3n) is 3.34. The molecule has 3 atom stereocenters. The predicted octanol–water partition coefficient (Wildman–Crippen LogP) is 1.40. The van der Waals surface area contributed by atoms with Crippen molar-refractivity contribution in [3.63, 3.8) is 0 Å². The quantitative estimate of drug-likeness (QED) is 0.482. The van der Waals surface area contributed by atoms with Crippen LogP contribution in [0.15, 0.2) is 18.3 Å². The maximum atomic E-state index is 11.8. The molecule has 0 spiro atoms. The maximum Gasteiger partial charge on any atom is 0.245 e. The highest BCUT2D eigenvalue weighted by Crippen LogP contribution is 2.40. The lowest BCUT2D eigenvalue weighted by atomic mass is 9.67. The fourth-order valence-electron chi connectivity index (χ4n) is 2.15. The van der Waals surface area contributed by atoms with Gasteiger partial charge in [0.05, 0.1) is 6.07 Å². The fraction of sp³-hybridized carbons (Fsp3) is 0.333. The number of aromatic nitrogens is 1. The SMILES string of the molecule is CC1(c2ccc(Cl)nc2)C(Cl)C(=O)NC(=O)C1C#N. The van der Waals surface area contributed by atoms with E-state index in [9.17, 15) is 14.9 Å². The maximum absolute atomic E-state index is 11.8. The van der Waals surface area contributed by atoms with Gasteiger partial charge >= 0.3 is 0 Å². The molecule has 0 saturated carbocycles. The highest BCUT2D eigenvalue weighted by Gasteiger charge is 2.53. The minimum atomic E-state index is -1.15. The van der Waals surface area contributed by atoms with Crippen LogP contribution in [0.2, 0.25) is 5.15 Å². The van der Waals surface area contributed by atoms with Crippen molar-refractivity contribution < 1.29 is 9.59 Å². The summed E-state index contributed by atoms with van der Waals surface area (Å²) in [6, 6.07) is 5.04. The van der Waals surface area contributed by atoms with Crippen LogP contribution in [-0.4, -0.2) is 22.2 Å². The summed E-state index contributed by atoms with van der Waals surface area (Å²) in [6.07, 6.45) is 1.42. The topological polar surface area (TPSA) is 82.8 Å². The number of piperidine rings is 1. The number of halogens is 2. The first kappa shape index (κ1) is 13.8. The first-order valence-electron chi connectivity index (χ1n) is 5.41. The zero-order valence-corrected chi connectivity index (χ0v) is 11.4. The molecule has 1 N–H and O–H groups in total. The van der Waals surface area contributed by atoms with Gasteiger partial charge in [0.25, 0.3) is 0 Å². The summed E-state index contributed by atoms with van der Waals surface area (Å²) in [7, 11) is 0. The van der Waals surface area contributed by atoms with Crippen LogP contribution in [-0.2, 0) is 15.0 Å². The van der Waals surface area contributed by atoms with E-state index >= 15 is 0 Å². The van der Waals surface area contributed by atoms with Crippen LogP contribution in [0.4, 0.5) is 0 Å². The molecular formula is C12H9Cl2N3O2. The molecule has 1 saturated heterocycles. The third kappa shape index (κ3) is 2.07. The average molecular weight is 298 g/mol.